The molecule has 3 atom stereocenters. The van der Waals surface area contributed by atoms with Gasteiger partial charge in [0.25, 0.3) is 5.56 Å². The number of fused-ring (bicyclic) bond motifs is 2. The quantitative estimate of drug-likeness (QED) is 0.656. The van der Waals surface area contributed by atoms with Crippen molar-refractivity contribution in [3.8, 4) is 11.3 Å². The van der Waals surface area contributed by atoms with Crippen molar-refractivity contribution in [2.24, 2.45) is 5.92 Å². The summed E-state index contributed by atoms with van der Waals surface area (Å²) in [7, 11) is 0. The number of nitrogens with zero attached hydrogens (tertiary/aromatic N) is 3. The number of rotatable bonds is 8. The van der Waals surface area contributed by atoms with Gasteiger partial charge in [-0.25, -0.2) is 4.98 Å². The predicted molar refractivity (Wildman–Crippen MR) is 119 cm³/mol. The van der Waals surface area contributed by atoms with Crippen molar-refractivity contribution in [3.63, 3.8) is 0 Å². The fourth-order valence-electron chi connectivity index (χ4n) is 4.56. The van der Waals surface area contributed by atoms with Crippen LogP contribution in [0.25, 0.3) is 11.3 Å². The van der Waals surface area contributed by atoms with Gasteiger partial charge in [-0.15, -0.1) is 0 Å². The molecule has 160 valence electrons. The van der Waals surface area contributed by atoms with E-state index in [0.717, 1.165) is 50.9 Å². The summed E-state index contributed by atoms with van der Waals surface area (Å²) >= 11 is 5.99. The van der Waals surface area contributed by atoms with Crippen molar-refractivity contribution >= 4 is 17.5 Å². The Hall–Kier alpha value is -2.18. The zero-order chi connectivity index (χ0) is 21.1. The number of aromatic nitrogens is 2. The first-order valence-electron chi connectivity index (χ1n) is 10.9. The Morgan fingerprint density at radius 3 is 2.70 bits per heavy atom. The Labute approximate surface area is 182 Å². The van der Waals surface area contributed by atoms with Crippen molar-refractivity contribution in [2.45, 2.75) is 51.6 Å². The second kappa shape index (κ2) is 9.31. The van der Waals surface area contributed by atoms with Crippen LogP contribution in [0.5, 0.6) is 0 Å². The summed E-state index contributed by atoms with van der Waals surface area (Å²) in [6, 6.07) is 9.03. The second-order valence-corrected chi connectivity index (χ2v) is 8.86. The van der Waals surface area contributed by atoms with E-state index in [-0.39, 0.29) is 24.1 Å². The van der Waals surface area contributed by atoms with Gasteiger partial charge in [-0.2, -0.15) is 0 Å². The highest BCUT2D eigenvalue weighted by Gasteiger charge is 2.38. The Morgan fingerprint density at radius 1 is 1.23 bits per heavy atom. The van der Waals surface area contributed by atoms with Crippen molar-refractivity contribution in [3.05, 3.63) is 51.5 Å². The first kappa shape index (κ1) is 21.1. The Morgan fingerprint density at radius 2 is 2.03 bits per heavy atom. The van der Waals surface area contributed by atoms with E-state index in [4.69, 9.17) is 16.6 Å². The number of piperidine rings is 1. The molecule has 1 N–H and O–H groups in total. The van der Waals surface area contributed by atoms with E-state index < -0.39 is 0 Å². The first-order chi connectivity index (χ1) is 14.5. The van der Waals surface area contributed by atoms with Gasteiger partial charge in [0.15, 0.2) is 0 Å². The number of nitrogens with one attached hydrogen (secondary N) is 1. The summed E-state index contributed by atoms with van der Waals surface area (Å²) in [5.41, 5.74) is 1.29. The molecule has 0 spiro atoms. The molecule has 2 bridgehead atoms. The van der Waals surface area contributed by atoms with Gasteiger partial charge < -0.3 is 10.2 Å². The van der Waals surface area contributed by atoms with Crippen LogP contribution in [0.2, 0.25) is 5.02 Å². The number of benzene rings is 1. The molecular formula is C23H29ClN4O2. The van der Waals surface area contributed by atoms with Crippen molar-refractivity contribution < 1.29 is 4.79 Å². The van der Waals surface area contributed by atoms with Crippen LogP contribution in [0.4, 0.5) is 0 Å². The predicted octanol–water partition coefficient (Wildman–Crippen LogP) is 3.12. The Balaban J connectivity index is 1.54. The molecule has 2 saturated heterocycles. The van der Waals surface area contributed by atoms with Crippen molar-refractivity contribution in [1.82, 2.24) is 19.8 Å². The summed E-state index contributed by atoms with van der Waals surface area (Å²) in [6.45, 7) is 5.29. The molecule has 3 unspecified atom stereocenters. The fourth-order valence-corrected chi connectivity index (χ4v) is 4.69. The summed E-state index contributed by atoms with van der Waals surface area (Å²) in [4.78, 5) is 32.8. The van der Waals surface area contributed by atoms with Gasteiger partial charge in [-0.3, -0.25) is 14.2 Å². The first-order valence-corrected chi connectivity index (χ1v) is 11.3. The molecule has 4 rings (SSSR count). The Kier molecular flexibility index (Phi) is 6.54. The number of carbonyl (C=O) groups is 1. The van der Waals surface area contributed by atoms with Gasteiger partial charge >= 0.3 is 0 Å². The summed E-state index contributed by atoms with van der Waals surface area (Å²) < 4.78 is 1.54. The highest BCUT2D eigenvalue weighted by Crippen LogP contribution is 2.27. The van der Waals surface area contributed by atoms with Crippen LogP contribution < -0.4 is 10.9 Å². The molecule has 2 aromatic rings. The van der Waals surface area contributed by atoms with E-state index in [9.17, 15) is 9.59 Å². The molecule has 2 fully saturated rings. The highest BCUT2D eigenvalue weighted by atomic mass is 35.5. The lowest BCUT2D eigenvalue weighted by Gasteiger charge is -2.23. The zero-order valence-corrected chi connectivity index (χ0v) is 18.2. The van der Waals surface area contributed by atoms with Crippen molar-refractivity contribution in [1.29, 1.82) is 0 Å². The van der Waals surface area contributed by atoms with Gasteiger partial charge in [-0.05, 0) is 37.4 Å². The van der Waals surface area contributed by atoms with Gasteiger partial charge in [0, 0.05) is 42.2 Å². The molecule has 7 heteroatoms. The molecule has 0 aliphatic carbocycles. The average molecular weight is 429 g/mol. The Bertz CT molecular complexity index is 957. The zero-order valence-electron chi connectivity index (χ0n) is 17.4. The van der Waals surface area contributed by atoms with Crippen LogP contribution in [0.1, 0.15) is 38.4 Å². The number of halogens is 1. The van der Waals surface area contributed by atoms with Crippen LogP contribution in [0, 0.1) is 5.92 Å². The third-order valence-corrected chi connectivity index (χ3v) is 6.46. The molecule has 1 aromatic carbocycles. The molecule has 1 amide bonds. The van der Waals surface area contributed by atoms with Crippen molar-refractivity contribution in [2.75, 3.05) is 19.6 Å². The number of amides is 1. The van der Waals surface area contributed by atoms with Crippen LogP contribution in [0.15, 0.2) is 35.1 Å². The summed E-state index contributed by atoms with van der Waals surface area (Å²) in [6.07, 6.45) is 4.91. The van der Waals surface area contributed by atoms with E-state index in [0.29, 0.717) is 28.9 Å². The molecular weight excluding hydrogens is 400 g/mol. The minimum Gasteiger partial charge on any atom is -0.350 e. The van der Waals surface area contributed by atoms with E-state index in [1.807, 2.05) is 12.1 Å². The van der Waals surface area contributed by atoms with Gasteiger partial charge in [0.2, 0.25) is 5.91 Å². The van der Waals surface area contributed by atoms with Crippen LogP contribution >= 0.6 is 11.6 Å². The maximum atomic E-state index is 12.9. The number of aryl methyl sites for hydroxylation is 1. The lowest BCUT2D eigenvalue weighted by Crippen LogP contribution is -2.45. The van der Waals surface area contributed by atoms with E-state index >= 15 is 0 Å². The molecule has 0 radical (unpaired) electrons. The number of hydrogen-bond donors (Lipinski definition) is 1. The highest BCUT2D eigenvalue weighted by molar-refractivity contribution is 6.30. The second-order valence-electron chi connectivity index (χ2n) is 8.43. The maximum Gasteiger partial charge on any atom is 0.254 e. The largest absolute Gasteiger partial charge is 0.350 e. The average Bonchev–Trinajstić information content (AvgIpc) is 3.34. The van der Waals surface area contributed by atoms with E-state index in [1.54, 1.807) is 12.1 Å². The standard InChI is InChI=1S/C23H29ClN4O2/c1-2-3-4-5-21-25-19(16-6-8-18(24)9-7-16)12-23(30)28(21)15-22(29)26-20-14-27-11-10-17(20)13-27/h6-9,12,17,20H,2-5,10-11,13-15H2,1H3,(H,26,29). The van der Waals surface area contributed by atoms with E-state index in [1.165, 1.54) is 10.6 Å². The molecule has 0 saturated carbocycles. The van der Waals surface area contributed by atoms with Gasteiger partial charge in [0.1, 0.15) is 12.4 Å². The molecule has 2 aliphatic heterocycles. The molecule has 1 aromatic heterocycles. The minimum atomic E-state index is -0.187. The van der Waals surface area contributed by atoms with Crippen LogP contribution in [0.3, 0.4) is 0 Å². The SMILES string of the molecule is CCCCCc1nc(-c2ccc(Cl)cc2)cc(=O)n1CC(=O)NC1CN2CCC1C2. The molecule has 6 nitrogen and oxygen atoms in total. The lowest BCUT2D eigenvalue weighted by atomic mass is 10.00. The number of hydrogen-bond acceptors (Lipinski definition) is 4. The topological polar surface area (TPSA) is 67.2 Å². The monoisotopic (exact) mass is 428 g/mol. The fraction of sp³-hybridized carbons (Fsp3) is 0.522. The van der Waals surface area contributed by atoms with E-state index in [2.05, 4.69) is 17.1 Å². The molecule has 2 aliphatic rings. The van der Waals surface area contributed by atoms with Crippen LogP contribution in [-0.2, 0) is 17.8 Å². The third kappa shape index (κ3) is 4.76. The molecule has 30 heavy (non-hydrogen) atoms. The number of carbonyl (C=O) groups excluding carboxylic acids is 1. The minimum absolute atomic E-state index is 0.0252. The molecule has 3 heterocycles. The number of unbranched alkanes of at least 4 members (excludes halogenated alkanes) is 2. The summed E-state index contributed by atoms with van der Waals surface area (Å²) in [5, 5.41) is 3.79. The smallest absolute Gasteiger partial charge is 0.254 e. The summed E-state index contributed by atoms with van der Waals surface area (Å²) in [5.74, 6) is 1.11. The van der Waals surface area contributed by atoms with Gasteiger partial charge in [0.05, 0.1) is 5.69 Å². The lowest BCUT2D eigenvalue weighted by molar-refractivity contribution is -0.122. The van der Waals surface area contributed by atoms with Crippen LogP contribution in [-0.4, -0.2) is 46.0 Å². The van der Waals surface area contributed by atoms with Gasteiger partial charge in [-0.1, -0.05) is 43.5 Å². The maximum absolute atomic E-state index is 12.9. The third-order valence-electron chi connectivity index (χ3n) is 6.21. The normalized spacial score (nSPS) is 22.4.